The third-order valence-corrected chi connectivity index (χ3v) is 5.09. The highest BCUT2D eigenvalue weighted by molar-refractivity contribution is 5.79. The number of carbonyl (C=O) groups excluding carboxylic acids is 1. The van der Waals surface area contributed by atoms with Gasteiger partial charge in [-0.05, 0) is 12.1 Å². The minimum atomic E-state index is -0.217. The first-order valence-corrected chi connectivity index (χ1v) is 9.30. The van der Waals surface area contributed by atoms with E-state index < -0.39 is 0 Å². The van der Waals surface area contributed by atoms with Crippen LogP contribution in [0.25, 0.3) is 22.3 Å². The molecule has 5 rings (SSSR count). The van der Waals surface area contributed by atoms with Gasteiger partial charge in [0, 0.05) is 18.7 Å². The Bertz CT molecular complexity index is 1240. The molecule has 0 N–H and O–H groups in total. The van der Waals surface area contributed by atoms with Gasteiger partial charge in [-0.25, -0.2) is 4.98 Å². The number of fused-ring (bicyclic) bond motifs is 1. The van der Waals surface area contributed by atoms with Gasteiger partial charge in [-0.1, -0.05) is 47.6 Å². The predicted molar refractivity (Wildman–Crippen MR) is 105 cm³/mol. The van der Waals surface area contributed by atoms with Crippen LogP contribution in [-0.2, 0) is 11.3 Å². The van der Waals surface area contributed by atoms with Gasteiger partial charge in [0.05, 0.1) is 23.1 Å². The largest absolute Gasteiger partial charge is 0.339 e. The molecular formula is C21H17N5O3. The van der Waals surface area contributed by atoms with Crippen LogP contribution in [0.3, 0.4) is 0 Å². The van der Waals surface area contributed by atoms with E-state index in [1.54, 1.807) is 23.1 Å². The molecule has 0 saturated carbocycles. The smallest absolute Gasteiger partial charge is 0.261 e. The van der Waals surface area contributed by atoms with Crippen molar-refractivity contribution < 1.29 is 9.32 Å². The Labute approximate surface area is 165 Å². The fraction of sp³-hybridized carbons (Fsp3) is 0.190. The molecule has 0 bridgehead atoms. The molecule has 1 amide bonds. The summed E-state index contributed by atoms with van der Waals surface area (Å²) >= 11 is 0. The van der Waals surface area contributed by atoms with Crippen molar-refractivity contribution in [3.8, 4) is 11.4 Å². The Hall–Kier alpha value is -3.81. The lowest BCUT2D eigenvalue weighted by atomic mass is 10.00. The van der Waals surface area contributed by atoms with Gasteiger partial charge >= 0.3 is 0 Å². The van der Waals surface area contributed by atoms with Crippen molar-refractivity contribution in [2.24, 2.45) is 0 Å². The van der Waals surface area contributed by atoms with Gasteiger partial charge in [0.15, 0.2) is 0 Å². The molecule has 144 valence electrons. The van der Waals surface area contributed by atoms with Gasteiger partial charge in [-0.2, -0.15) is 4.98 Å². The van der Waals surface area contributed by atoms with Crippen LogP contribution >= 0.6 is 0 Å². The number of hydrogen-bond donors (Lipinski definition) is 0. The minimum absolute atomic E-state index is 0.00960. The van der Waals surface area contributed by atoms with E-state index in [4.69, 9.17) is 4.52 Å². The van der Waals surface area contributed by atoms with Crippen molar-refractivity contribution in [2.75, 3.05) is 13.1 Å². The minimum Gasteiger partial charge on any atom is -0.339 e. The standard InChI is InChI=1S/C21H17N5O3/c27-18(12-26-13-22-17-9-5-4-8-16(17)21(26)28)25-10-15(11-25)20-23-19(24-29-20)14-6-2-1-3-7-14/h1-9,13,15H,10-12H2. The van der Waals surface area contributed by atoms with Crippen LogP contribution < -0.4 is 5.56 Å². The predicted octanol–water partition coefficient (Wildman–Crippen LogP) is 2.07. The van der Waals surface area contributed by atoms with Crippen molar-refractivity contribution >= 4 is 16.8 Å². The topological polar surface area (TPSA) is 94.1 Å². The lowest BCUT2D eigenvalue weighted by molar-refractivity contribution is -0.136. The van der Waals surface area contributed by atoms with E-state index >= 15 is 0 Å². The molecule has 0 spiro atoms. The first kappa shape index (κ1) is 17.3. The Morgan fingerprint density at radius 1 is 1.07 bits per heavy atom. The average Bonchev–Trinajstić information content (AvgIpc) is 3.19. The van der Waals surface area contributed by atoms with Crippen LogP contribution in [-0.4, -0.2) is 43.6 Å². The molecule has 3 heterocycles. The van der Waals surface area contributed by atoms with Crippen LogP contribution in [0, 0.1) is 0 Å². The molecule has 1 aliphatic heterocycles. The summed E-state index contributed by atoms with van der Waals surface area (Å²) in [6.45, 7) is 0.943. The van der Waals surface area contributed by atoms with E-state index in [1.807, 2.05) is 36.4 Å². The van der Waals surface area contributed by atoms with Crippen LogP contribution in [0.5, 0.6) is 0 Å². The Morgan fingerprint density at radius 2 is 1.83 bits per heavy atom. The zero-order chi connectivity index (χ0) is 19.8. The summed E-state index contributed by atoms with van der Waals surface area (Å²) in [7, 11) is 0. The summed E-state index contributed by atoms with van der Waals surface area (Å²) in [5.74, 6) is 0.940. The van der Waals surface area contributed by atoms with E-state index in [0.29, 0.717) is 35.7 Å². The van der Waals surface area contributed by atoms with Crippen LogP contribution in [0.2, 0.25) is 0 Å². The summed E-state index contributed by atoms with van der Waals surface area (Å²) in [4.78, 5) is 35.5. The Kier molecular flexibility index (Phi) is 4.16. The molecular weight excluding hydrogens is 370 g/mol. The number of nitrogens with zero attached hydrogens (tertiary/aromatic N) is 5. The first-order chi connectivity index (χ1) is 14.2. The Morgan fingerprint density at radius 3 is 2.66 bits per heavy atom. The molecule has 0 radical (unpaired) electrons. The number of hydrogen-bond acceptors (Lipinski definition) is 6. The molecule has 1 saturated heterocycles. The van der Waals surface area contributed by atoms with Crippen LogP contribution in [0.1, 0.15) is 11.8 Å². The molecule has 8 heteroatoms. The maximum atomic E-state index is 12.6. The highest BCUT2D eigenvalue weighted by atomic mass is 16.5. The molecule has 2 aromatic heterocycles. The number of amides is 1. The third-order valence-electron chi connectivity index (χ3n) is 5.09. The second-order valence-electron chi connectivity index (χ2n) is 7.01. The van der Waals surface area contributed by atoms with Crippen molar-refractivity contribution in [3.63, 3.8) is 0 Å². The lowest BCUT2D eigenvalue weighted by Gasteiger charge is -2.37. The van der Waals surface area contributed by atoms with Gasteiger partial charge in [0.1, 0.15) is 6.54 Å². The molecule has 29 heavy (non-hydrogen) atoms. The number of likely N-dealkylation sites (tertiary alicyclic amines) is 1. The SMILES string of the molecule is O=C(Cn1cnc2ccccc2c1=O)N1CC(c2nc(-c3ccccc3)no2)C1. The zero-order valence-electron chi connectivity index (χ0n) is 15.4. The van der Waals surface area contributed by atoms with Gasteiger partial charge in [0.25, 0.3) is 5.56 Å². The van der Waals surface area contributed by atoms with Gasteiger partial charge in [-0.15, -0.1) is 0 Å². The van der Waals surface area contributed by atoms with Crippen molar-refractivity contribution in [1.29, 1.82) is 0 Å². The maximum Gasteiger partial charge on any atom is 0.261 e. The van der Waals surface area contributed by atoms with E-state index in [9.17, 15) is 9.59 Å². The fourth-order valence-corrected chi connectivity index (χ4v) is 3.41. The highest BCUT2D eigenvalue weighted by Crippen LogP contribution is 2.27. The average molecular weight is 387 g/mol. The normalized spacial score (nSPS) is 14.1. The highest BCUT2D eigenvalue weighted by Gasteiger charge is 2.35. The second-order valence-corrected chi connectivity index (χ2v) is 7.01. The van der Waals surface area contributed by atoms with E-state index in [0.717, 1.165) is 5.56 Å². The Balaban J connectivity index is 1.25. The summed E-state index contributed by atoms with van der Waals surface area (Å²) in [6, 6.07) is 16.7. The quantitative estimate of drug-likeness (QED) is 0.532. The summed E-state index contributed by atoms with van der Waals surface area (Å²) in [5, 5.41) is 4.53. The van der Waals surface area contributed by atoms with Crippen molar-refractivity contribution in [3.05, 3.63) is 77.2 Å². The summed E-state index contributed by atoms with van der Waals surface area (Å²) in [6.07, 6.45) is 1.42. The number of carbonyl (C=O) groups is 1. The van der Waals surface area contributed by atoms with E-state index in [1.165, 1.54) is 10.9 Å². The molecule has 0 aliphatic carbocycles. The first-order valence-electron chi connectivity index (χ1n) is 9.30. The molecule has 4 aromatic rings. The molecule has 1 fully saturated rings. The number of rotatable bonds is 4. The molecule has 8 nitrogen and oxygen atoms in total. The van der Waals surface area contributed by atoms with E-state index in [-0.39, 0.29) is 23.9 Å². The van der Waals surface area contributed by atoms with Crippen molar-refractivity contribution in [2.45, 2.75) is 12.5 Å². The van der Waals surface area contributed by atoms with Crippen molar-refractivity contribution in [1.82, 2.24) is 24.6 Å². The monoisotopic (exact) mass is 387 g/mol. The molecule has 0 atom stereocenters. The van der Waals surface area contributed by atoms with E-state index in [2.05, 4.69) is 15.1 Å². The zero-order valence-corrected chi connectivity index (χ0v) is 15.4. The summed E-state index contributed by atoms with van der Waals surface area (Å²) in [5.41, 5.74) is 1.29. The molecule has 2 aromatic carbocycles. The van der Waals surface area contributed by atoms with Crippen LogP contribution in [0.15, 0.2) is 70.2 Å². The summed E-state index contributed by atoms with van der Waals surface area (Å²) < 4.78 is 6.72. The van der Waals surface area contributed by atoms with Gasteiger partial charge in [0.2, 0.25) is 17.6 Å². The molecule has 0 unspecified atom stereocenters. The second kappa shape index (κ2) is 6.97. The maximum absolute atomic E-state index is 12.6. The molecule has 1 aliphatic rings. The number of para-hydroxylation sites is 1. The lowest BCUT2D eigenvalue weighted by Crippen LogP contribution is -2.50. The number of benzene rings is 2. The number of aromatic nitrogens is 4. The fourth-order valence-electron chi connectivity index (χ4n) is 3.41. The third kappa shape index (κ3) is 3.18. The van der Waals surface area contributed by atoms with Gasteiger partial charge in [-0.3, -0.25) is 14.2 Å². The van der Waals surface area contributed by atoms with Crippen LogP contribution in [0.4, 0.5) is 0 Å². The van der Waals surface area contributed by atoms with Gasteiger partial charge < -0.3 is 9.42 Å².